The molecule has 0 aliphatic rings. The highest BCUT2D eigenvalue weighted by Crippen LogP contribution is 2.20. The summed E-state index contributed by atoms with van der Waals surface area (Å²) in [6, 6.07) is 6.36. The highest BCUT2D eigenvalue weighted by atomic mass is 19.1. The van der Waals surface area contributed by atoms with Crippen molar-refractivity contribution < 1.29 is 9.13 Å². The number of rotatable bonds is 5. The van der Waals surface area contributed by atoms with Crippen LogP contribution in [0.4, 0.5) is 10.2 Å². The van der Waals surface area contributed by atoms with Gasteiger partial charge in [0.2, 0.25) is 5.88 Å². The molecule has 0 aliphatic heterocycles. The van der Waals surface area contributed by atoms with Crippen LogP contribution in [0.25, 0.3) is 0 Å². The molecule has 1 aromatic heterocycles. The van der Waals surface area contributed by atoms with Gasteiger partial charge in [0.1, 0.15) is 18.0 Å². The minimum absolute atomic E-state index is 0.236. The first-order valence-corrected chi connectivity index (χ1v) is 6.13. The molecular formula is C14H16FN3O. The monoisotopic (exact) mass is 261 g/mol. The Labute approximate surface area is 111 Å². The van der Waals surface area contributed by atoms with Crippen molar-refractivity contribution in [2.45, 2.75) is 20.4 Å². The van der Waals surface area contributed by atoms with E-state index in [1.54, 1.807) is 12.1 Å². The van der Waals surface area contributed by atoms with Crippen LogP contribution in [0, 0.1) is 12.7 Å². The molecule has 0 unspecified atom stereocenters. The number of aromatic nitrogens is 2. The van der Waals surface area contributed by atoms with E-state index in [2.05, 4.69) is 15.3 Å². The van der Waals surface area contributed by atoms with E-state index in [4.69, 9.17) is 4.74 Å². The minimum Gasteiger partial charge on any atom is -0.478 e. The summed E-state index contributed by atoms with van der Waals surface area (Å²) in [5.74, 6) is 1.07. The molecule has 0 saturated carbocycles. The van der Waals surface area contributed by atoms with Gasteiger partial charge >= 0.3 is 0 Å². The molecule has 0 fully saturated rings. The van der Waals surface area contributed by atoms with Gasteiger partial charge in [0.25, 0.3) is 0 Å². The molecule has 0 aliphatic carbocycles. The highest BCUT2D eigenvalue weighted by Gasteiger charge is 2.07. The van der Waals surface area contributed by atoms with Crippen LogP contribution >= 0.6 is 0 Å². The summed E-state index contributed by atoms with van der Waals surface area (Å²) < 4.78 is 18.2. The van der Waals surface area contributed by atoms with Crippen LogP contribution in [0.3, 0.4) is 0 Å². The average molecular weight is 261 g/mol. The summed E-state index contributed by atoms with van der Waals surface area (Å²) in [5, 5.41) is 3.19. The lowest BCUT2D eigenvalue weighted by molar-refractivity contribution is 0.324. The number of hydrogen-bond donors (Lipinski definition) is 1. The Morgan fingerprint density at radius 2 is 1.95 bits per heavy atom. The lowest BCUT2D eigenvalue weighted by Gasteiger charge is -2.11. The molecule has 2 aromatic rings. The Balaban J connectivity index is 2.07. The second-order valence-corrected chi connectivity index (χ2v) is 4.07. The van der Waals surface area contributed by atoms with Gasteiger partial charge in [0.05, 0.1) is 12.2 Å². The van der Waals surface area contributed by atoms with Gasteiger partial charge in [-0.2, -0.15) is 0 Å². The average Bonchev–Trinajstić information content (AvgIpc) is 2.42. The first kappa shape index (κ1) is 13.3. The Kier molecular flexibility index (Phi) is 4.28. The van der Waals surface area contributed by atoms with Crippen molar-refractivity contribution in [2.75, 3.05) is 11.9 Å². The molecule has 0 bridgehead atoms. The van der Waals surface area contributed by atoms with E-state index in [9.17, 15) is 4.39 Å². The smallest absolute Gasteiger partial charge is 0.221 e. The van der Waals surface area contributed by atoms with Crippen molar-refractivity contribution in [1.82, 2.24) is 9.97 Å². The van der Waals surface area contributed by atoms with Gasteiger partial charge in [0.15, 0.2) is 0 Å². The van der Waals surface area contributed by atoms with Crippen LogP contribution in [0.2, 0.25) is 0 Å². The molecule has 100 valence electrons. The van der Waals surface area contributed by atoms with E-state index in [0.29, 0.717) is 19.0 Å². The summed E-state index contributed by atoms with van der Waals surface area (Å²) in [5.41, 5.74) is 1.85. The summed E-state index contributed by atoms with van der Waals surface area (Å²) >= 11 is 0. The van der Waals surface area contributed by atoms with Crippen molar-refractivity contribution >= 4 is 5.82 Å². The Bertz CT molecular complexity index is 543. The zero-order chi connectivity index (χ0) is 13.7. The van der Waals surface area contributed by atoms with Crippen molar-refractivity contribution in [1.29, 1.82) is 0 Å². The van der Waals surface area contributed by atoms with Gasteiger partial charge in [-0.05, 0) is 31.5 Å². The number of ether oxygens (including phenoxy) is 1. The van der Waals surface area contributed by atoms with Crippen molar-refractivity contribution in [2.24, 2.45) is 0 Å². The van der Waals surface area contributed by atoms with Crippen molar-refractivity contribution in [3.63, 3.8) is 0 Å². The predicted molar refractivity (Wildman–Crippen MR) is 71.7 cm³/mol. The topological polar surface area (TPSA) is 47.0 Å². The standard InChI is InChI=1S/C14H16FN3O/c1-3-19-14-10(2)13(17-9-18-14)16-8-11-4-6-12(15)7-5-11/h4-7,9H,3,8H2,1-2H3,(H,16,17,18). The molecule has 5 heteroatoms. The van der Waals surface area contributed by atoms with Crippen LogP contribution in [0.5, 0.6) is 5.88 Å². The van der Waals surface area contributed by atoms with E-state index >= 15 is 0 Å². The number of anilines is 1. The van der Waals surface area contributed by atoms with Crippen LogP contribution in [-0.2, 0) is 6.54 Å². The number of benzene rings is 1. The molecule has 0 saturated heterocycles. The number of nitrogens with one attached hydrogen (secondary N) is 1. The molecule has 1 aromatic carbocycles. The highest BCUT2D eigenvalue weighted by molar-refractivity contribution is 5.47. The van der Waals surface area contributed by atoms with Crippen molar-refractivity contribution in [3.05, 3.63) is 47.5 Å². The predicted octanol–water partition coefficient (Wildman–Crippen LogP) is 2.93. The third kappa shape index (κ3) is 3.40. The molecule has 0 radical (unpaired) electrons. The van der Waals surface area contributed by atoms with E-state index in [0.717, 1.165) is 16.9 Å². The molecule has 0 atom stereocenters. The van der Waals surface area contributed by atoms with Gasteiger partial charge in [-0.25, -0.2) is 14.4 Å². The first-order chi connectivity index (χ1) is 9.20. The maximum absolute atomic E-state index is 12.8. The van der Waals surface area contributed by atoms with Gasteiger partial charge in [-0.15, -0.1) is 0 Å². The zero-order valence-corrected chi connectivity index (χ0v) is 11.0. The second-order valence-electron chi connectivity index (χ2n) is 4.07. The third-order valence-electron chi connectivity index (χ3n) is 2.69. The molecule has 1 heterocycles. The Morgan fingerprint density at radius 1 is 1.21 bits per heavy atom. The Morgan fingerprint density at radius 3 is 2.63 bits per heavy atom. The van der Waals surface area contributed by atoms with E-state index in [-0.39, 0.29) is 5.82 Å². The quantitative estimate of drug-likeness (QED) is 0.899. The van der Waals surface area contributed by atoms with Gasteiger partial charge < -0.3 is 10.1 Å². The number of halogens is 1. The van der Waals surface area contributed by atoms with E-state index in [1.807, 2.05) is 13.8 Å². The molecule has 1 N–H and O–H groups in total. The zero-order valence-electron chi connectivity index (χ0n) is 11.0. The third-order valence-corrected chi connectivity index (χ3v) is 2.69. The minimum atomic E-state index is -0.236. The maximum Gasteiger partial charge on any atom is 0.221 e. The fraction of sp³-hybridized carbons (Fsp3) is 0.286. The normalized spacial score (nSPS) is 10.3. The second kappa shape index (κ2) is 6.13. The SMILES string of the molecule is CCOc1ncnc(NCc2ccc(F)cc2)c1C. The Hall–Kier alpha value is -2.17. The molecule has 4 nitrogen and oxygen atoms in total. The largest absolute Gasteiger partial charge is 0.478 e. The molecule has 2 rings (SSSR count). The molecule has 0 spiro atoms. The van der Waals surface area contributed by atoms with Crippen LogP contribution in [0.15, 0.2) is 30.6 Å². The van der Waals surface area contributed by atoms with Crippen LogP contribution < -0.4 is 10.1 Å². The number of nitrogens with zero attached hydrogens (tertiary/aromatic N) is 2. The van der Waals surface area contributed by atoms with Crippen LogP contribution in [0.1, 0.15) is 18.1 Å². The van der Waals surface area contributed by atoms with Gasteiger partial charge in [-0.3, -0.25) is 0 Å². The van der Waals surface area contributed by atoms with Gasteiger partial charge in [-0.1, -0.05) is 12.1 Å². The molecule has 0 amide bonds. The van der Waals surface area contributed by atoms with Crippen LogP contribution in [-0.4, -0.2) is 16.6 Å². The molecular weight excluding hydrogens is 245 g/mol. The maximum atomic E-state index is 12.8. The fourth-order valence-electron chi connectivity index (χ4n) is 1.68. The summed E-state index contributed by atoms with van der Waals surface area (Å²) in [7, 11) is 0. The first-order valence-electron chi connectivity index (χ1n) is 6.13. The fourth-order valence-corrected chi connectivity index (χ4v) is 1.68. The van der Waals surface area contributed by atoms with E-state index < -0.39 is 0 Å². The summed E-state index contributed by atoms with van der Waals surface area (Å²) in [6.45, 7) is 4.95. The summed E-state index contributed by atoms with van der Waals surface area (Å²) in [4.78, 5) is 8.25. The van der Waals surface area contributed by atoms with Gasteiger partial charge in [0, 0.05) is 6.54 Å². The summed E-state index contributed by atoms with van der Waals surface area (Å²) in [6.07, 6.45) is 1.46. The van der Waals surface area contributed by atoms with E-state index in [1.165, 1.54) is 18.5 Å². The lowest BCUT2D eigenvalue weighted by atomic mass is 10.2. The number of hydrogen-bond acceptors (Lipinski definition) is 4. The van der Waals surface area contributed by atoms with Crippen molar-refractivity contribution in [3.8, 4) is 5.88 Å². The lowest BCUT2D eigenvalue weighted by Crippen LogP contribution is -2.06. The molecule has 19 heavy (non-hydrogen) atoms.